The van der Waals surface area contributed by atoms with Crippen LogP contribution in [0.15, 0.2) is 30.3 Å². The van der Waals surface area contributed by atoms with Gasteiger partial charge in [-0.3, -0.25) is 4.79 Å². The van der Waals surface area contributed by atoms with Crippen molar-refractivity contribution in [3.8, 4) is 0 Å². The first-order valence-electron chi connectivity index (χ1n) is 5.65. The number of hydrogen-bond donors (Lipinski definition) is 2. The van der Waals surface area contributed by atoms with E-state index in [9.17, 15) is 9.90 Å². The molecular weight excluding hydrogens is 202 g/mol. The topological polar surface area (TPSA) is 49.3 Å². The summed E-state index contributed by atoms with van der Waals surface area (Å²) in [5.41, 5.74) is -0.00123. The highest BCUT2D eigenvalue weighted by Gasteiger charge is 2.44. The van der Waals surface area contributed by atoms with Crippen LogP contribution >= 0.6 is 0 Å². The zero-order chi connectivity index (χ0) is 11.6. The maximum atomic E-state index is 10.9. The Labute approximate surface area is 95.5 Å². The second-order valence-corrected chi connectivity index (χ2v) is 4.47. The molecule has 1 atom stereocenters. The fraction of sp³-hybridized carbons (Fsp3) is 0.462. The summed E-state index contributed by atoms with van der Waals surface area (Å²) in [4.78, 5) is 10.9. The predicted octanol–water partition coefficient (Wildman–Crippen LogP) is 1.42. The van der Waals surface area contributed by atoms with Crippen LogP contribution in [0.4, 0.5) is 0 Å². The minimum absolute atomic E-state index is 0.102. The Morgan fingerprint density at radius 3 is 2.56 bits per heavy atom. The van der Waals surface area contributed by atoms with E-state index in [0.717, 1.165) is 18.4 Å². The Morgan fingerprint density at radius 1 is 1.44 bits per heavy atom. The normalized spacial score (nSPS) is 18.9. The van der Waals surface area contributed by atoms with Crippen molar-refractivity contribution in [3.63, 3.8) is 0 Å². The maximum absolute atomic E-state index is 10.9. The van der Waals surface area contributed by atoms with Crippen molar-refractivity contribution in [1.29, 1.82) is 0 Å². The van der Waals surface area contributed by atoms with Gasteiger partial charge in [-0.25, -0.2) is 0 Å². The SMILES string of the molecule is CC(=O)NCC(O)(c1ccccc1)C1CC1. The zero-order valence-corrected chi connectivity index (χ0v) is 9.44. The van der Waals surface area contributed by atoms with E-state index in [0.29, 0.717) is 6.54 Å². The molecule has 3 nitrogen and oxygen atoms in total. The standard InChI is InChI=1S/C13H17NO2/c1-10(15)14-9-13(16,12-7-8-12)11-5-3-2-4-6-11/h2-6,12,16H,7-9H2,1H3,(H,14,15). The maximum Gasteiger partial charge on any atom is 0.216 e. The van der Waals surface area contributed by atoms with Crippen molar-refractivity contribution >= 4 is 5.91 Å². The summed E-state index contributed by atoms with van der Waals surface area (Å²) in [6, 6.07) is 9.59. The molecule has 2 N–H and O–H groups in total. The van der Waals surface area contributed by atoms with Gasteiger partial charge in [0.15, 0.2) is 0 Å². The lowest BCUT2D eigenvalue weighted by Crippen LogP contribution is -2.41. The van der Waals surface area contributed by atoms with Crippen molar-refractivity contribution in [3.05, 3.63) is 35.9 Å². The molecule has 1 unspecified atom stereocenters. The number of benzene rings is 1. The van der Waals surface area contributed by atoms with E-state index in [4.69, 9.17) is 0 Å². The highest BCUT2D eigenvalue weighted by atomic mass is 16.3. The van der Waals surface area contributed by atoms with Crippen molar-refractivity contribution in [1.82, 2.24) is 5.32 Å². The minimum Gasteiger partial charge on any atom is -0.383 e. The van der Waals surface area contributed by atoms with Gasteiger partial charge in [0.1, 0.15) is 5.60 Å². The highest BCUT2D eigenvalue weighted by molar-refractivity contribution is 5.72. The van der Waals surface area contributed by atoms with Gasteiger partial charge in [-0.05, 0) is 24.3 Å². The van der Waals surface area contributed by atoms with Gasteiger partial charge in [-0.15, -0.1) is 0 Å². The number of hydrogen-bond acceptors (Lipinski definition) is 2. The van der Waals surface area contributed by atoms with Gasteiger partial charge < -0.3 is 10.4 Å². The van der Waals surface area contributed by atoms with Gasteiger partial charge >= 0.3 is 0 Å². The van der Waals surface area contributed by atoms with E-state index in [1.54, 1.807) is 0 Å². The predicted molar refractivity (Wildman–Crippen MR) is 61.7 cm³/mol. The average molecular weight is 219 g/mol. The molecule has 3 heteroatoms. The minimum atomic E-state index is -0.896. The lowest BCUT2D eigenvalue weighted by molar-refractivity contribution is -0.120. The van der Waals surface area contributed by atoms with Crippen LogP contribution in [0.25, 0.3) is 0 Å². The third-order valence-corrected chi connectivity index (χ3v) is 3.13. The molecule has 0 saturated heterocycles. The van der Waals surface area contributed by atoms with E-state index in [-0.39, 0.29) is 11.8 Å². The zero-order valence-electron chi connectivity index (χ0n) is 9.44. The molecule has 1 aromatic rings. The summed E-state index contributed by atoms with van der Waals surface area (Å²) < 4.78 is 0. The Balaban J connectivity index is 2.18. The summed E-state index contributed by atoms with van der Waals surface area (Å²) in [5.74, 6) is 0.178. The molecule has 0 heterocycles. The molecule has 1 fully saturated rings. The van der Waals surface area contributed by atoms with E-state index in [1.807, 2.05) is 30.3 Å². The van der Waals surface area contributed by atoms with Crippen molar-refractivity contribution < 1.29 is 9.90 Å². The number of aliphatic hydroxyl groups is 1. The van der Waals surface area contributed by atoms with Crippen LogP contribution < -0.4 is 5.32 Å². The van der Waals surface area contributed by atoms with Crippen LogP contribution in [0.1, 0.15) is 25.3 Å². The third-order valence-electron chi connectivity index (χ3n) is 3.13. The first-order valence-corrected chi connectivity index (χ1v) is 5.65. The molecule has 0 aromatic heterocycles. The van der Waals surface area contributed by atoms with Crippen molar-refractivity contribution in [2.75, 3.05) is 6.54 Å². The van der Waals surface area contributed by atoms with Crippen LogP contribution in [0, 0.1) is 5.92 Å². The molecular formula is C13H17NO2. The number of nitrogens with one attached hydrogen (secondary N) is 1. The molecule has 1 aliphatic rings. The monoisotopic (exact) mass is 219 g/mol. The number of carbonyl (C=O) groups excluding carboxylic acids is 1. The summed E-state index contributed by atoms with van der Waals surface area (Å²) in [6.45, 7) is 1.77. The van der Waals surface area contributed by atoms with E-state index in [2.05, 4.69) is 5.32 Å². The van der Waals surface area contributed by atoms with Crippen LogP contribution in [0.2, 0.25) is 0 Å². The second kappa shape index (κ2) is 4.26. The summed E-state index contributed by atoms with van der Waals surface area (Å²) in [5, 5.41) is 13.4. The van der Waals surface area contributed by atoms with Crippen molar-refractivity contribution in [2.24, 2.45) is 5.92 Å². The second-order valence-electron chi connectivity index (χ2n) is 4.47. The van der Waals surface area contributed by atoms with Gasteiger partial charge in [0.25, 0.3) is 0 Å². The van der Waals surface area contributed by atoms with Crippen LogP contribution in [0.3, 0.4) is 0 Å². The Morgan fingerprint density at radius 2 is 2.06 bits per heavy atom. The molecule has 1 amide bonds. The quantitative estimate of drug-likeness (QED) is 0.804. The Bertz CT molecular complexity index is 373. The summed E-state index contributed by atoms with van der Waals surface area (Å²) >= 11 is 0. The Kier molecular flexibility index (Phi) is 2.97. The van der Waals surface area contributed by atoms with E-state index in [1.165, 1.54) is 6.92 Å². The van der Waals surface area contributed by atoms with Crippen LogP contribution in [0.5, 0.6) is 0 Å². The molecule has 16 heavy (non-hydrogen) atoms. The molecule has 86 valence electrons. The first-order chi connectivity index (χ1) is 7.63. The molecule has 1 aliphatic carbocycles. The smallest absolute Gasteiger partial charge is 0.216 e. The molecule has 0 spiro atoms. The molecule has 0 aliphatic heterocycles. The van der Waals surface area contributed by atoms with Gasteiger partial charge in [0.05, 0.1) is 6.54 Å². The molecule has 1 aromatic carbocycles. The van der Waals surface area contributed by atoms with E-state index >= 15 is 0 Å². The molecule has 1 saturated carbocycles. The largest absolute Gasteiger partial charge is 0.383 e. The lowest BCUT2D eigenvalue weighted by Gasteiger charge is -2.28. The van der Waals surface area contributed by atoms with Gasteiger partial charge in [0, 0.05) is 6.92 Å². The molecule has 2 rings (SSSR count). The van der Waals surface area contributed by atoms with E-state index < -0.39 is 5.60 Å². The van der Waals surface area contributed by atoms with Crippen LogP contribution in [-0.2, 0) is 10.4 Å². The fourth-order valence-electron chi connectivity index (χ4n) is 2.03. The van der Waals surface area contributed by atoms with Gasteiger partial charge in [-0.1, -0.05) is 30.3 Å². The summed E-state index contributed by atoms with van der Waals surface area (Å²) in [7, 11) is 0. The summed E-state index contributed by atoms with van der Waals surface area (Å²) in [6.07, 6.45) is 2.07. The first kappa shape index (κ1) is 11.1. The fourth-order valence-corrected chi connectivity index (χ4v) is 2.03. The highest BCUT2D eigenvalue weighted by Crippen LogP contribution is 2.45. The third kappa shape index (κ3) is 2.25. The average Bonchev–Trinajstić information content (AvgIpc) is 3.11. The van der Waals surface area contributed by atoms with Crippen LogP contribution in [-0.4, -0.2) is 17.6 Å². The van der Waals surface area contributed by atoms with Gasteiger partial charge in [-0.2, -0.15) is 0 Å². The Hall–Kier alpha value is -1.35. The molecule has 0 bridgehead atoms. The lowest BCUT2D eigenvalue weighted by atomic mass is 9.88. The number of rotatable bonds is 4. The number of amides is 1. The van der Waals surface area contributed by atoms with Crippen molar-refractivity contribution in [2.45, 2.75) is 25.4 Å². The molecule has 0 radical (unpaired) electrons. The number of carbonyl (C=O) groups is 1. The van der Waals surface area contributed by atoms with Gasteiger partial charge in [0.2, 0.25) is 5.91 Å².